The maximum atomic E-state index is 12.4. The molecule has 0 bridgehead atoms. The fraction of sp³-hybridized carbons (Fsp3) is 0.952. The van der Waals surface area contributed by atoms with Crippen molar-refractivity contribution in [2.75, 3.05) is 13.2 Å². The van der Waals surface area contributed by atoms with E-state index in [2.05, 4.69) is 40.7 Å². The molecule has 0 amide bonds. The quantitative estimate of drug-likeness (QED) is 0.125. The molecule has 15 nitrogen and oxygen atoms in total. The van der Waals surface area contributed by atoms with Crippen LogP contribution in [0.15, 0.2) is 11.6 Å². The van der Waals surface area contributed by atoms with Gasteiger partial charge in [0.05, 0.1) is 42.7 Å². The van der Waals surface area contributed by atoms with Crippen molar-refractivity contribution in [1.82, 2.24) is 0 Å². The van der Waals surface area contributed by atoms with Gasteiger partial charge in [0.2, 0.25) is 0 Å². The fourth-order valence-electron chi connectivity index (χ4n) is 12.8. The summed E-state index contributed by atoms with van der Waals surface area (Å²) in [6, 6.07) is 0. The van der Waals surface area contributed by atoms with Crippen molar-refractivity contribution in [3.05, 3.63) is 11.6 Å². The van der Waals surface area contributed by atoms with Crippen molar-refractivity contribution in [1.29, 1.82) is 0 Å². The lowest BCUT2D eigenvalue weighted by atomic mass is 9.38. The topological polar surface area (TPSA) is 259 Å². The molecule has 2 saturated heterocycles. The molecule has 0 aromatic heterocycles. The molecular weight excluding hydrogens is 744 g/mol. The predicted molar refractivity (Wildman–Crippen MR) is 204 cm³/mol. The van der Waals surface area contributed by atoms with Crippen molar-refractivity contribution in [2.45, 2.75) is 198 Å². The zero-order valence-corrected chi connectivity index (χ0v) is 34.9. The molecule has 3 saturated carbocycles. The van der Waals surface area contributed by atoms with Crippen molar-refractivity contribution in [2.24, 2.45) is 39.4 Å². The Morgan fingerprint density at radius 1 is 0.772 bits per heavy atom. The summed E-state index contributed by atoms with van der Waals surface area (Å²) >= 11 is 0. The first-order valence-corrected chi connectivity index (χ1v) is 21.1. The maximum absolute atomic E-state index is 12.4. The fourth-order valence-corrected chi connectivity index (χ4v) is 12.8. The van der Waals surface area contributed by atoms with Crippen LogP contribution in [0.2, 0.25) is 0 Å². The van der Waals surface area contributed by atoms with Gasteiger partial charge in [-0.3, -0.25) is 0 Å². The minimum Gasteiger partial charge on any atom is -0.394 e. The van der Waals surface area contributed by atoms with E-state index in [-0.39, 0.29) is 36.0 Å². The first-order valence-electron chi connectivity index (χ1n) is 21.1. The third-order valence-corrected chi connectivity index (χ3v) is 16.7. The van der Waals surface area contributed by atoms with Crippen LogP contribution in [-0.4, -0.2) is 160 Å². The second-order valence-corrected chi connectivity index (χ2v) is 20.5. The van der Waals surface area contributed by atoms with Gasteiger partial charge >= 0.3 is 0 Å². The largest absolute Gasteiger partial charge is 0.394 e. The number of rotatable bonds is 11. The Kier molecular flexibility index (Phi) is 12.7. The van der Waals surface area contributed by atoms with Crippen molar-refractivity contribution >= 4 is 0 Å². The summed E-state index contributed by atoms with van der Waals surface area (Å²) in [5, 5.41) is 118. The number of aliphatic hydroxyl groups is 11. The first kappa shape index (κ1) is 45.7. The minimum atomic E-state index is -1.62. The van der Waals surface area contributed by atoms with Crippen LogP contribution in [0.3, 0.4) is 0 Å². The van der Waals surface area contributed by atoms with Crippen molar-refractivity contribution in [3.63, 3.8) is 0 Å². The van der Waals surface area contributed by atoms with Gasteiger partial charge < -0.3 is 75.1 Å². The Morgan fingerprint density at radius 3 is 1.91 bits per heavy atom. The molecule has 6 rings (SSSR count). The van der Waals surface area contributed by atoms with E-state index >= 15 is 0 Å². The van der Waals surface area contributed by atoms with Gasteiger partial charge in [0.25, 0.3) is 0 Å². The van der Waals surface area contributed by atoms with E-state index in [9.17, 15) is 56.2 Å². The third-order valence-electron chi connectivity index (χ3n) is 16.7. The Hall–Kier alpha value is -0.860. The molecule has 0 radical (unpaired) electrons. The summed E-state index contributed by atoms with van der Waals surface area (Å²) in [6.45, 7) is 14.8. The third kappa shape index (κ3) is 7.29. The van der Waals surface area contributed by atoms with Gasteiger partial charge in [0.15, 0.2) is 12.6 Å². The number of aliphatic hydroxyl groups excluding tert-OH is 10. The molecule has 0 aromatic carbocycles. The molecule has 57 heavy (non-hydrogen) atoms. The molecular formula is C42H72O15. The lowest BCUT2D eigenvalue weighted by Gasteiger charge is -2.68. The molecule has 0 aromatic rings. The molecule has 6 aliphatic rings. The van der Waals surface area contributed by atoms with E-state index in [1.165, 1.54) is 5.57 Å². The van der Waals surface area contributed by atoms with Crippen LogP contribution in [0.25, 0.3) is 0 Å². The van der Waals surface area contributed by atoms with Crippen LogP contribution in [-0.2, 0) is 18.9 Å². The van der Waals surface area contributed by atoms with E-state index in [0.29, 0.717) is 19.3 Å². The average Bonchev–Trinajstić information content (AvgIpc) is 3.42. The number of hydrogen-bond acceptors (Lipinski definition) is 15. The van der Waals surface area contributed by atoms with Gasteiger partial charge in [-0.05, 0) is 101 Å². The summed E-state index contributed by atoms with van der Waals surface area (Å²) in [5.41, 5.74) is -3.05. The normalized spacial score (nSPS) is 50.2. The molecule has 0 spiro atoms. The molecule has 5 fully saturated rings. The molecule has 20 atom stereocenters. The summed E-state index contributed by atoms with van der Waals surface area (Å²) in [4.78, 5) is 0. The van der Waals surface area contributed by atoms with Gasteiger partial charge in [-0.25, -0.2) is 0 Å². The number of fused-ring (bicyclic) bond motifs is 5. The highest BCUT2D eigenvalue weighted by Crippen LogP contribution is 2.75. The van der Waals surface area contributed by atoms with Gasteiger partial charge in [-0.1, -0.05) is 46.3 Å². The van der Waals surface area contributed by atoms with E-state index < -0.39 is 120 Å². The zero-order valence-electron chi connectivity index (χ0n) is 34.9. The molecule has 2 heterocycles. The molecule has 9 unspecified atom stereocenters. The van der Waals surface area contributed by atoms with E-state index in [1.807, 2.05) is 6.92 Å². The second-order valence-electron chi connectivity index (χ2n) is 20.5. The van der Waals surface area contributed by atoms with E-state index in [0.717, 1.165) is 19.3 Å². The Labute approximate surface area is 336 Å². The van der Waals surface area contributed by atoms with Crippen LogP contribution in [0, 0.1) is 39.4 Å². The Morgan fingerprint density at radius 2 is 1.33 bits per heavy atom. The molecule has 2 aliphatic heterocycles. The van der Waals surface area contributed by atoms with Crippen LogP contribution >= 0.6 is 0 Å². The van der Waals surface area contributed by atoms with Gasteiger partial charge in [0.1, 0.15) is 48.8 Å². The summed E-state index contributed by atoms with van der Waals surface area (Å²) in [6.07, 6.45) is -9.58. The van der Waals surface area contributed by atoms with Crippen LogP contribution in [0.4, 0.5) is 0 Å². The number of allylic oxidation sites excluding steroid dienone is 1. The maximum Gasteiger partial charge on any atom is 0.187 e. The Bertz CT molecular complexity index is 1450. The molecule has 15 heteroatoms. The van der Waals surface area contributed by atoms with E-state index in [1.54, 1.807) is 13.8 Å². The van der Waals surface area contributed by atoms with Crippen molar-refractivity contribution in [3.8, 4) is 0 Å². The SMILES string of the molecule is CC(C)(O[C@@H]1O[C@H](CO)[C@@H](O)[C@H](O)[C@H]1O)C(O)CCC(C)(O)[C@H]1CCC2(C)C3CC=C4C(CC[C@H](O[C@@H]5O[C@H](CO)[C@@H](O)C(O)[C@H]5O)C4(C)C)C3(C)C(O)CC12C. The highest BCUT2D eigenvalue weighted by Gasteiger charge is 2.71. The van der Waals surface area contributed by atoms with Crippen molar-refractivity contribution < 1.29 is 75.1 Å². The predicted octanol–water partition coefficient (Wildman–Crippen LogP) is 0.235. The minimum absolute atomic E-state index is 0.0397. The standard InChI is InChI=1S/C42H72O15/c1-37(2)20-9-11-25-39(5)15-13-24(41(7,53)16-14-26(45)38(3,4)57-36-34(52)32(50)30(48)23(19-44)55-36)40(39,6)17-27(46)42(25,8)21(20)10-12-28(37)56-35-33(51)31(49)29(47)22(18-43)54-35/h9,21-36,43-53H,10-19H2,1-8H3/t21?,22-,23-,24+,25?,26?,27?,28+,29-,30-,31?,32+,33-,34-,35+,36+,39?,40?,41?,42?/m1/s1. The second kappa shape index (κ2) is 15.8. The highest BCUT2D eigenvalue weighted by atomic mass is 16.7. The highest BCUT2D eigenvalue weighted by molar-refractivity contribution is 5.32. The summed E-state index contributed by atoms with van der Waals surface area (Å²) in [7, 11) is 0. The van der Waals surface area contributed by atoms with Crippen LogP contribution in [0.1, 0.15) is 107 Å². The first-order chi connectivity index (χ1) is 26.3. The summed E-state index contributed by atoms with van der Waals surface area (Å²) < 4.78 is 23.6. The van der Waals surface area contributed by atoms with Gasteiger partial charge in [-0.15, -0.1) is 0 Å². The molecule has 330 valence electrons. The number of hydrogen-bond donors (Lipinski definition) is 11. The lowest BCUT2D eigenvalue weighted by molar-refractivity contribution is -0.331. The van der Waals surface area contributed by atoms with E-state index in [4.69, 9.17) is 18.9 Å². The lowest BCUT2D eigenvalue weighted by Crippen LogP contribution is -2.65. The smallest absolute Gasteiger partial charge is 0.187 e. The molecule has 4 aliphatic carbocycles. The molecule has 11 N–H and O–H groups in total. The van der Waals surface area contributed by atoms with Gasteiger partial charge in [-0.2, -0.15) is 0 Å². The zero-order chi connectivity index (χ0) is 42.4. The van der Waals surface area contributed by atoms with Crippen LogP contribution in [0.5, 0.6) is 0 Å². The number of ether oxygens (including phenoxy) is 4. The monoisotopic (exact) mass is 816 g/mol. The average molecular weight is 817 g/mol. The Balaban J connectivity index is 1.16. The van der Waals surface area contributed by atoms with Gasteiger partial charge in [0, 0.05) is 10.8 Å². The summed E-state index contributed by atoms with van der Waals surface area (Å²) in [5.74, 6) is -0.0539. The van der Waals surface area contributed by atoms with Crippen LogP contribution < -0.4 is 0 Å².